The number of amides is 2. The second-order valence-electron chi connectivity index (χ2n) is 6.35. The molecule has 8 heteroatoms. The molecule has 6 nitrogen and oxygen atoms in total. The van der Waals surface area contributed by atoms with Crippen LogP contribution < -0.4 is 10.6 Å². The van der Waals surface area contributed by atoms with Crippen LogP contribution in [0.2, 0.25) is 0 Å². The lowest BCUT2D eigenvalue weighted by atomic mass is 10.1. The summed E-state index contributed by atoms with van der Waals surface area (Å²) in [4.78, 5) is 23.8. The van der Waals surface area contributed by atoms with Crippen LogP contribution in [0.4, 0.5) is 10.1 Å². The highest BCUT2D eigenvalue weighted by Gasteiger charge is 2.13. The van der Waals surface area contributed by atoms with Crippen LogP contribution in [0.15, 0.2) is 24.3 Å². The number of aryl methyl sites for hydroxylation is 1. The molecule has 0 radical (unpaired) electrons. The van der Waals surface area contributed by atoms with Gasteiger partial charge in [-0.1, -0.05) is 31.3 Å². The third-order valence-corrected chi connectivity index (χ3v) is 4.56. The van der Waals surface area contributed by atoms with Gasteiger partial charge >= 0.3 is 0 Å². The van der Waals surface area contributed by atoms with Crippen molar-refractivity contribution in [2.45, 2.75) is 39.5 Å². The summed E-state index contributed by atoms with van der Waals surface area (Å²) >= 11 is 1.18. The van der Waals surface area contributed by atoms with E-state index < -0.39 is 11.7 Å². The average molecular weight is 378 g/mol. The number of nitrogens with zero attached hydrogens (tertiary/aromatic N) is 2. The Labute approximate surface area is 156 Å². The zero-order valence-electron chi connectivity index (χ0n) is 14.9. The monoisotopic (exact) mass is 378 g/mol. The van der Waals surface area contributed by atoms with Crippen molar-refractivity contribution < 1.29 is 14.0 Å². The summed E-state index contributed by atoms with van der Waals surface area (Å²) in [6.07, 6.45) is 2.62. The van der Waals surface area contributed by atoms with E-state index in [-0.39, 0.29) is 10.9 Å². The number of aromatic nitrogens is 2. The molecule has 140 valence electrons. The third kappa shape index (κ3) is 6.87. The van der Waals surface area contributed by atoms with Gasteiger partial charge in [0.15, 0.2) is 0 Å². The Bertz CT molecular complexity index is 748. The molecular weight excluding hydrogens is 355 g/mol. The molecule has 0 fully saturated rings. The zero-order valence-corrected chi connectivity index (χ0v) is 15.7. The number of rotatable bonds is 9. The molecule has 1 aromatic carbocycles. The SMILES string of the molecule is CC(C)CCNC(=O)CCCc1nnc(C(=O)Nc2cccc(F)c2)s1. The Morgan fingerprint density at radius 2 is 2.08 bits per heavy atom. The molecule has 2 rings (SSSR count). The molecule has 2 aromatic rings. The summed E-state index contributed by atoms with van der Waals surface area (Å²) in [7, 11) is 0. The topological polar surface area (TPSA) is 84.0 Å². The number of hydrogen-bond acceptors (Lipinski definition) is 5. The summed E-state index contributed by atoms with van der Waals surface area (Å²) in [6.45, 7) is 4.92. The smallest absolute Gasteiger partial charge is 0.286 e. The number of halogens is 1. The van der Waals surface area contributed by atoms with Crippen LogP contribution in [0.25, 0.3) is 0 Å². The van der Waals surface area contributed by atoms with E-state index in [0.29, 0.717) is 42.4 Å². The molecule has 1 heterocycles. The maximum atomic E-state index is 13.1. The molecule has 0 aliphatic heterocycles. The highest BCUT2D eigenvalue weighted by Crippen LogP contribution is 2.15. The predicted octanol–water partition coefficient (Wildman–Crippen LogP) is 3.41. The van der Waals surface area contributed by atoms with E-state index in [1.807, 2.05) is 0 Å². The Kier molecular flexibility index (Phi) is 7.65. The molecule has 0 bridgehead atoms. The van der Waals surface area contributed by atoms with Crippen molar-refractivity contribution in [2.24, 2.45) is 5.92 Å². The van der Waals surface area contributed by atoms with Crippen molar-refractivity contribution in [2.75, 3.05) is 11.9 Å². The number of carbonyl (C=O) groups is 2. The highest BCUT2D eigenvalue weighted by atomic mass is 32.1. The first-order chi connectivity index (χ1) is 12.4. The van der Waals surface area contributed by atoms with Crippen LogP contribution in [-0.2, 0) is 11.2 Å². The van der Waals surface area contributed by atoms with Crippen molar-refractivity contribution in [1.82, 2.24) is 15.5 Å². The van der Waals surface area contributed by atoms with Crippen molar-refractivity contribution >= 4 is 28.8 Å². The molecule has 0 aliphatic carbocycles. The molecular formula is C18H23FN4O2S. The second kappa shape index (κ2) is 9.96. The van der Waals surface area contributed by atoms with E-state index in [1.54, 1.807) is 6.07 Å². The van der Waals surface area contributed by atoms with Crippen LogP contribution in [0.5, 0.6) is 0 Å². The maximum absolute atomic E-state index is 13.1. The predicted molar refractivity (Wildman–Crippen MR) is 99.7 cm³/mol. The molecule has 2 N–H and O–H groups in total. The van der Waals surface area contributed by atoms with E-state index in [9.17, 15) is 14.0 Å². The van der Waals surface area contributed by atoms with E-state index in [2.05, 4.69) is 34.7 Å². The lowest BCUT2D eigenvalue weighted by molar-refractivity contribution is -0.121. The lowest BCUT2D eigenvalue weighted by Gasteiger charge is -2.06. The lowest BCUT2D eigenvalue weighted by Crippen LogP contribution is -2.25. The van der Waals surface area contributed by atoms with Crippen LogP contribution in [-0.4, -0.2) is 28.6 Å². The quantitative estimate of drug-likeness (QED) is 0.700. The van der Waals surface area contributed by atoms with Gasteiger partial charge in [0.2, 0.25) is 10.9 Å². The molecule has 1 aromatic heterocycles. The average Bonchev–Trinajstić information content (AvgIpc) is 3.03. The first-order valence-electron chi connectivity index (χ1n) is 8.60. The largest absolute Gasteiger partial charge is 0.356 e. The Hall–Kier alpha value is -2.35. The Balaban J connectivity index is 1.75. The number of benzene rings is 1. The maximum Gasteiger partial charge on any atom is 0.286 e. The van der Waals surface area contributed by atoms with Gasteiger partial charge < -0.3 is 10.6 Å². The summed E-state index contributed by atoms with van der Waals surface area (Å²) in [5, 5.41) is 14.2. The number of carbonyl (C=O) groups excluding carboxylic acids is 2. The van der Waals surface area contributed by atoms with Gasteiger partial charge in [-0.2, -0.15) is 0 Å². The molecule has 0 saturated heterocycles. The molecule has 0 unspecified atom stereocenters. The number of nitrogens with one attached hydrogen (secondary N) is 2. The fourth-order valence-corrected chi connectivity index (χ4v) is 2.96. The molecule has 0 saturated carbocycles. The summed E-state index contributed by atoms with van der Waals surface area (Å²) in [5.74, 6) is -0.258. The standard InChI is InChI=1S/C18H23FN4O2S/c1-12(2)9-10-20-15(24)7-4-8-16-22-23-18(26-16)17(25)21-14-6-3-5-13(19)11-14/h3,5-6,11-12H,4,7-10H2,1-2H3,(H,20,24)(H,21,25). The molecule has 0 spiro atoms. The van der Waals surface area contributed by atoms with Gasteiger partial charge in [0, 0.05) is 25.1 Å². The summed E-state index contributed by atoms with van der Waals surface area (Å²) < 4.78 is 13.1. The Morgan fingerprint density at radius 1 is 1.27 bits per heavy atom. The van der Waals surface area contributed by atoms with E-state index in [0.717, 1.165) is 6.42 Å². The Morgan fingerprint density at radius 3 is 2.81 bits per heavy atom. The van der Waals surface area contributed by atoms with E-state index in [1.165, 1.54) is 29.5 Å². The van der Waals surface area contributed by atoms with Crippen molar-refractivity contribution in [3.05, 3.63) is 40.1 Å². The van der Waals surface area contributed by atoms with E-state index in [4.69, 9.17) is 0 Å². The molecule has 2 amide bonds. The summed E-state index contributed by atoms with van der Waals surface area (Å²) in [6, 6.07) is 5.65. The summed E-state index contributed by atoms with van der Waals surface area (Å²) in [5.41, 5.74) is 0.366. The van der Waals surface area contributed by atoms with Gasteiger partial charge in [0.1, 0.15) is 10.8 Å². The first kappa shape index (κ1) is 20.0. The normalized spacial score (nSPS) is 10.8. The number of hydrogen-bond donors (Lipinski definition) is 2. The van der Waals surface area contributed by atoms with Gasteiger partial charge in [-0.05, 0) is 37.0 Å². The third-order valence-electron chi connectivity index (χ3n) is 3.58. The minimum absolute atomic E-state index is 0.0271. The fraction of sp³-hybridized carbons (Fsp3) is 0.444. The molecule has 0 aliphatic rings. The van der Waals surface area contributed by atoms with Gasteiger partial charge in [0.05, 0.1) is 0 Å². The van der Waals surface area contributed by atoms with Crippen LogP contribution in [0.1, 0.15) is 47.9 Å². The fourth-order valence-electron chi connectivity index (χ4n) is 2.19. The van der Waals surface area contributed by atoms with Crippen molar-refractivity contribution in [3.63, 3.8) is 0 Å². The van der Waals surface area contributed by atoms with Crippen LogP contribution >= 0.6 is 11.3 Å². The first-order valence-corrected chi connectivity index (χ1v) is 9.41. The van der Waals surface area contributed by atoms with Crippen molar-refractivity contribution in [3.8, 4) is 0 Å². The van der Waals surface area contributed by atoms with Gasteiger partial charge in [-0.3, -0.25) is 9.59 Å². The van der Waals surface area contributed by atoms with Gasteiger partial charge in [0.25, 0.3) is 5.91 Å². The molecule has 0 atom stereocenters. The highest BCUT2D eigenvalue weighted by molar-refractivity contribution is 7.13. The van der Waals surface area contributed by atoms with Crippen LogP contribution in [0, 0.1) is 11.7 Å². The zero-order chi connectivity index (χ0) is 18.9. The second-order valence-corrected chi connectivity index (χ2v) is 7.41. The van der Waals surface area contributed by atoms with Gasteiger partial charge in [-0.25, -0.2) is 4.39 Å². The minimum Gasteiger partial charge on any atom is -0.356 e. The van der Waals surface area contributed by atoms with Gasteiger partial charge in [-0.15, -0.1) is 10.2 Å². The van der Waals surface area contributed by atoms with Crippen molar-refractivity contribution in [1.29, 1.82) is 0 Å². The van der Waals surface area contributed by atoms with E-state index >= 15 is 0 Å². The number of anilines is 1. The molecule has 26 heavy (non-hydrogen) atoms. The minimum atomic E-state index is -0.425. The van der Waals surface area contributed by atoms with Crippen LogP contribution in [0.3, 0.4) is 0 Å².